The molecule has 0 fully saturated rings. The fraction of sp³-hybridized carbons (Fsp3) is 0.571. The number of thiophene rings is 1. The van der Waals surface area contributed by atoms with E-state index in [-0.39, 0.29) is 11.7 Å². The maximum atomic E-state index is 12.1. The summed E-state index contributed by atoms with van der Waals surface area (Å²) in [5.41, 5.74) is 6.20. The Morgan fingerprint density at radius 1 is 1.29 bits per heavy atom. The lowest BCUT2D eigenvalue weighted by atomic mass is 10.1. The van der Waals surface area contributed by atoms with E-state index in [0.29, 0.717) is 30.9 Å². The number of anilines is 1. The van der Waals surface area contributed by atoms with Gasteiger partial charge in [0.2, 0.25) is 0 Å². The van der Waals surface area contributed by atoms with Crippen LogP contribution >= 0.6 is 11.3 Å². The van der Waals surface area contributed by atoms with Crippen LogP contribution in [0, 0.1) is 0 Å². The molecule has 3 N–H and O–H groups in total. The lowest BCUT2D eigenvalue weighted by molar-refractivity contribution is 0.0258. The van der Waals surface area contributed by atoms with Crippen LogP contribution in [0.1, 0.15) is 41.6 Å². The van der Waals surface area contributed by atoms with Gasteiger partial charge in [-0.05, 0) is 39.2 Å². The normalized spacial score (nSPS) is 15.3. The highest BCUT2D eigenvalue weighted by atomic mass is 32.1. The summed E-state index contributed by atoms with van der Waals surface area (Å²) in [5, 5.41) is 9.60. The molecule has 1 amide bonds. The number of carbonyl (C=O) groups is 2. The Hall–Kier alpha value is -1.76. The second kappa shape index (κ2) is 5.55. The zero-order chi connectivity index (χ0) is 15.8. The first-order chi connectivity index (χ1) is 9.69. The Bertz CT molecular complexity index is 574. The van der Waals surface area contributed by atoms with Gasteiger partial charge in [-0.15, -0.1) is 11.3 Å². The highest BCUT2D eigenvalue weighted by Crippen LogP contribution is 2.33. The Morgan fingerprint density at radius 3 is 2.48 bits per heavy atom. The number of fused-ring (bicyclic) bond motifs is 1. The number of hydrogen-bond acceptors (Lipinski definition) is 5. The van der Waals surface area contributed by atoms with Crippen molar-refractivity contribution in [3.63, 3.8) is 0 Å². The fourth-order valence-electron chi connectivity index (χ4n) is 2.34. The number of nitrogen functional groups attached to an aromatic ring is 1. The van der Waals surface area contributed by atoms with Crippen molar-refractivity contribution in [2.24, 2.45) is 0 Å². The maximum Gasteiger partial charge on any atom is 0.410 e. The van der Waals surface area contributed by atoms with Crippen LogP contribution < -0.4 is 5.73 Å². The molecular weight excluding hydrogens is 292 g/mol. The van der Waals surface area contributed by atoms with Gasteiger partial charge < -0.3 is 20.5 Å². The first-order valence-corrected chi connectivity index (χ1v) is 7.62. The largest absolute Gasteiger partial charge is 0.478 e. The van der Waals surface area contributed by atoms with Gasteiger partial charge in [0.05, 0.1) is 5.56 Å². The van der Waals surface area contributed by atoms with Crippen LogP contribution in [0.3, 0.4) is 0 Å². The number of ether oxygens (including phenoxy) is 1. The van der Waals surface area contributed by atoms with E-state index in [1.54, 1.807) is 4.90 Å². The average Bonchev–Trinajstić information content (AvgIpc) is 2.50. The summed E-state index contributed by atoms with van der Waals surface area (Å²) in [6.45, 7) is 6.42. The summed E-state index contributed by atoms with van der Waals surface area (Å²) >= 11 is 1.30. The smallest absolute Gasteiger partial charge is 0.410 e. The number of amides is 1. The quantitative estimate of drug-likeness (QED) is 0.830. The summed E-state index contributed by atoms with van der Waals surface area (Å²) in [6.07, 6.45) is 0.739. The zero-order valence-corrected chi connectivity index (χ0v) is 13.2. The van der Waals surface area contributed by atoms with Crippen molar-refractivity contribution in [2.45, 2.75) is 39.2 Å². The van der Waals surface area contributed by atoms with Gasteiger partial charge in [0, 0.05) is 18.0 Å². The van der Waals surface area contributed by atoms with Crippen LogP contribution in [-0.2, 0) is 17.6 Å². The third kappa shape index (κ3) is 3.47. The van der Waals surface area contributed by atoms with Gasteiger partial charge in [-0.3, -0.25) is 0 Å². The first kappa shape index (κ1) is 15.6. The molecule has 0 radical (unpaired) electrons. The number of carboxylic acid groups (broad SMARTS) is 1. The minimum Gasteiger partial charge on any atom is -0.478 e. The second-order valence-electron chi connectivity index (χ2n) is 6.02. The number of hydrogen-bond donors (Lipinski definition) is 2. The molecular formula is C14H20N2O4S. The molecule has 0 aliphatic carbocycles. The van der Waals surface area contributed by atoms with Gasteiger partial charge in [0.25, 0.3) is 0 Å². The van der Waals surface area contributed by atoms with Crippen LogP contribution in [0.5, 0.6) is 0 Å². The van der Waals surface area contributed by atoms with Gasteiger partial charge in [0.15, 0.2) is 0 Å². The summed E-state index contributed by atoms with van der Waals surface area (Å²) < 4.78 is 5.36. The molecule has 2 rings (SSSR count). The van der Waals surface area contributed by atoms with Gasteiger partial charge in [0.1, 0.15) is 10.6 Å². The van der Waals surface area contributed by atoms with Crippen molar-refractivity contribution in [1.29, 1.82) is 0 Å². The monoisotopic (exact) mass is 312 g/mol. The van der Waals surface area contributed by atoms with E-state index < -0.39 is 11.6 Å². The third-order valence-corrected chi connectivity index (χ3v) is 4.34. The second-order valence-corrected chi connectivity index (χ2v) is 7.15. The van der Waals surface area contributed by atoms with Crippen molar-refractivity contribution in [2.75, 3.05) is 18.8 Å². The van der Waals surface area contributed by atoms with E-state index in [1.807, 2.05) is 20.8 Å². The Labute approximate surface area is 127 Å². The molecule has 21 heavy (non-hydrogen) atoms. The predicted molar refractivity (Wildman–Crippen MR) is 80.9 cm³/mol. The summed E-state index contributed by atoms with van der Waals surface area (Å²) in [7, 11) is 0. The molecule has 0 bridgehead atoms. The number of nitrogens with zero attached hydrogens (tertiary/aromatic N) is 1. The average molecular weight is 312 g/mol. The minimum atomic E-state index is -1.00. The first-order valence-electron chi connectivity index (χ1n) is 6.80. The Balaban J connectivity index is 2.15. The van der Waals surface area contributed by atoms with Crippen LogP contribution in [-0.4, -0.2) is 40.8 Å². The van der Waals surface area contributed by atoms with E-state index in [2.05, 4.69) is 0 Å². The molecule has 6 nitrogen and oxygen atoms in total. The number of carbonyl (C=O) groups excluding carboxylic acids is 1. The lowest BCUT2D eigenvalue weighted by Gasteiger charge is -2.26. The molecule has 1 aliphatic rings. The van der Waals surface area contributed by atoms with Crippen LogP contribution in [0.4, 0.5) is 9.80 Å². The zero-order valence-electron chi connectivity index (χ0n) is 12.4. The van der Waals surface area contributed by atoms with Crippen molar-refractivity contribution in [3.8, 4) is 0 Å². The molecule has 0 atom stereocenters. The van der Waals surface area contributed by atoms with Crippen molar-refractivity contribution in [3.05, 3.63) is 16.0 Å². The molecule has 2 heterocycles. The lowest BCUT2D eigenvalue weighted by Crippen LogP contribution is -2.38. The van der Waals surface area contributed by atoms with E-state index in [0.717, 1.165) is 10.4 Å². The molecule has 116 valence electrons. The Kier molecular flexibility index (Phi) is 4.13. The minimum absolute atomic E-state index is 0.195. The summed E-state index contributed by atoms with van der Waals surface area (Å²) in [5.74, 6) is -1.00. The Morgan fingerprint density at radius 2 is 1.90 bits per heavy atom. The van der Waals surface area contributed by atoms with Gasteiger partial charge in [-0.2, -0.15) is 0 Å². The molecule has 0 spiro atoms. The van der Waals surface area contributed by atoms with E-state index >= 15 is 0 Å². The standard InChI is InChI=1S/C14H20N2O4S/c1-14(2,3)20-13(19)16-6-4-8-9(5-7-16)21-11(15)10(8)12(17)18/h4-7,15H2,1-3H3,(H,17,18). The maximum absolute atomic E-state index is 12.1. The van der Waals surface area contributed by atoms with E-state index in [1.165, 1.54) is 11.3 Å². The predicted octanol–water partition coefficient (Wildman–Crippen LogP) is 2.36. The van der Waals surface area contributed by atoms with Crippen LogP contribution in [0.15, 0.2) is 0 Å². The van der Waals surface area contributed by atoms with Gasteiger partial charge >= 0.3 is 12.1 Å². The van der Waals surface area contributed by atoms with Crippen LogP contribution in [0.2, 0.25) is 0 Å². The van der Waals surface area contributed by atoms with E-state index in [4.69, 9.17) is 10.5 Å². The molecule has 1 aliphatic heterocycles. The van der Waals surface area contributed by atoms with Crippen molar-refractivity contribution < 1.29 is 19.4 Å². The topological polar surface area (TPSA) is 92.9 Å². The van der Waals surface area contributed by atoms with Crippen molar-refractivity contribution in [1.82, 2.24) is 4.90 Å². The molecule has 1 aromatic rings. The molecule has 7 heteroatoms. The molecule has 0 aromatic carbocycles. The summed E-state index contributed by atoms with van der Waals surface area (Å²) in [4.78, 5) is 26.0. The number of aromatic carboxylic acids is 1. The highest BCUT2D eigenvalue weighted by molar-refractivity contribution is 7.16. The van der Waals surface area contributed by atoms with Gasteiger partial charge in [-0.25, -0.2) is 9.59 Å². The SMILES string of the molecule is CC(C)(C)OC(=O)N1CCc2sc(N)c(C(=O)O)c2CC1. The highest BCUT2D eigenvalue weighted by Gasteiger charge is 2.28. The molecule has 1 aromatic heterocycles. The molecule has 0 unspecified atom stereocenters. The number of rotatable bonds is 1. The van der Waals surface area contributed by atoms with Crippen molar-refractivity contribution >= 4 is 28.4 Å². The molecule has 0 saturated carbocycles. The number of carboxylic acids is 1. The van der Waals surface area contributed by atoms with Gasteiger partial charge in [-0.1, -0.05) is 0 Å². The van der Waals surface area contributed by atoms with E-state index in [9.17, 15) is 14.7 Å². The molecule has 0 saturated heterocycles. The summed E-state index contributed by atoms with van der Waals surface area (Å²) in [6, 6.07) is 0. The third-order valence-electron chi connectivity index (χ3n) is 3.22. The van der Waals surface area contributed by atoms with Crippen LogP contribution in [0.25, 0.3) is 0 Å². The fourth-order valence-corrected chi connectivity index (χ4v) is 3.44. The number of nitrogens with two attached hydrogens (primary N) is 1.